The Hall–Kier alpha value is -2.56. The molecule has 1 aromatic rings. The van der Waals surface area contributed by atoms with E-state index in [0.29, 0.717) is 36.0 Å². The summed E-state index contributed by atoms with van der Waals surface area (Å²) >= 11 is 0. The van der Waals surface area contributed by atoms with Crippen LogP contribution in [0.25, 0.3) is 0 Å². The monoisotopic (exact) mass is 584 g/mol. The molecular weight excluding hydrogens is 524 g/mol. The van der Waals surface area contributed by atoms with E-state index < -0.39 is 0 Å². The van der Waals surface area contributed by atoms with E-state index in [1.807, 2.05) is 0 Å². The van der Waals surface area contributed by atoms with Gasteiger partial charge in [0, 0.05) is 17.5 Å². The number of carbonyl (C=O) groups is 2. The van der Waals surface area contributed by atoms with Crippen LogP contribution in [-0.4, -0.2) is 24.5 Å². The summed E-state index contributed by atoms with van der Waals surface area (Å²) < 4.78 is 11.0. The number of benzene rings is 1. The van der Waals surface area contributed by atoms with E-state index in [4.69, 9.17) is 9.47 Å². The molecule has 0 radical (unpaired) electrons. The maximum Gasteiger partial charge on any atom is 0.306 e. The number of ether oxygens (including phenoxy) is 2. The Morgan fingerprint density at radius 1 is 0.810 bits per heavy atom. The van der Waals surface area contributed by atoms with Crippen molar-refractivity contribution in [2.24, 2.45) is 0 Å². The average Bonchev–Trinajstić information content (AvgIpc) is 2.97. The zero-order valence-electron chi connectivity index (χ0n) is 27.5. The Morgan fingerprint density at radius 3 is 1.86 bits per heavy atom. The fourth-order valence-corrected chi connectivity index (χ4v) is 5.22. The van der Waals surface area contributed by atoms with Gasteiger partial charge in [-0.15, -0.1) is 0 Å². The highest BCUT2D eigenvalue weighted by Crippen LogP contribution is 2.35. The Bertz CT molecular complexity index is 955. The third-order valence-corrected chi connectivity index (χ3v) is 7.95. The van der Waals surface area contributed by atoms with Gasteiger partial charge in [-0.2, -0.15) is 0 Å². The lowest BCUT2D eigenvalue weighted by molar-refractivity contribution is -0.145. The Labute approximate surface area is 257 Å². The van der Waals surface area contributed by atoms with Crippen LogP contribution >= 0.6 is 0 Å². The van der Waals surface area contributed by atoms with Gasteiger partial charge in [0.05, 0.1) is 12.7 Å². The highest BCUT2D eigenvalue weighted by Gasteiger charge is 2.18. The second kappa shape index (κ2) is 23.9. The molecule has 5 nitrogen and oxygen atoms in total. The van der Waals surface area contributed by atoms with Gasteiger partial charge in [0.1, 0.15) is 18.1 Å². The number of phenolic OH excluding ortho intramolecular Hbond substituents is 1. The van der Waals surface area contributed by atoms with Crippen LogP contribution in [0.5, 0.6) is 11.5 Å². The second-order valence-corrected chi connectivity index (χ2v) is 12.0. The minimum absolute atomic E-state index is 0.0621. The number of hydrogen-bond acceptors (Lipinski definition) is 5. The fraction of sp³-hybridized carbons (Fsp3) is 0.676. The molecule has 0 spiro atoms. The molecule has 0 aliphatic carbocycles. The van der Waals surface area contributed by atoms with Crippen molar-refractivity contribution in [3.63, 3.8) is 0 Å². The number of rotatable bonds is 25. The van der Waals surface area contributed by atoms with Gasteiger partial charge >= 0.3 is 5.97 Å². The summed E-state index contributed by atoms with van der Waals surface area (Å²) in [5.41, 5.74) is 3.68. The van der Waals surface area contributed by atoms with Gasteiger partial charge in [-0.1, -0.05) is 120 Å². The molecule has 1 rings (SSSR count). The van der Waals surface area contributed by atoms with E-state index in [9.17, 15) is 14.7 Å². The minimum Gasteiger partial charge on any atom is -0.507 e. The first kappa shape index (κ1) is 37.5. The molecule has 0 unspecified atom stereocenters. The van der Waals surface area contributed by atoms with Crippen molar-refractivity contribution in [3.05, 3.63) is 46.1 Å². The number of allylic oxidation sites excluding steroid dienone is 4. The number of methoxy groups -OCH3 is 1. The maximum atomic E-state index is 12.3. The molecule has 0 aliphatic heterocycles. The summed E-state index contributed by atoms with van der Waals surface area (Å²) in [4.78, 5) is 24.2. The molecule has 0 heterocycles. The van der Waals surface area contributed by atoms with Crippen LogP contribution in [0.15, 0.2) is 29.4 Å². The van der Waals surface area contributed by atoms with E-state index in [0.717, 1.165) is 32.1 Å². The molecule has 5 heteroatoms. The molecule has 0 aromatic heterocycles. The summed E-state index contributed by atoms with van der Waals surface area (Å²) in [6.45, 7) is 8.44. The van der Waals surface area contributed by atoms with E-state index in [1.165, 1.54) is 95.3 Å². The van der Waals surface area contributed by atoms with Crippen LogP contribution in [0.3, 0.4) is 0 Å². The molecule has 0 saturated heterocycles. The molecule has 0 aliphatic rings. The Morgan fingerprint density at radius 2 is 1.36 bits per heavy atom. The van der Waals surface area contributed by atoms with Crippen LogP contribution in [0.1, 0.15) is 165 Å². The number of aldehydes is 1. The third kappa shape index (κ3) is 16.8. The average molecular weight is 585 g/mol. The van der Waals surface area contributed by atoms with Crippen LogP contribution in [0, 0.1) is 0 Å². The maximum absolute atomic E-state index is 12.3. The molecule has 0 amide bonds. The molecule has 42 heavy (non-hydrogen) atoms. The third-order valence-electron chi connectivity index (χ3n) is 7.95. The standard InChI is InChI=1S/C37H60O5/c1-6-7-8-9-10-11-12-13-14-15-16-17-18-19-20-24-36(39)42-29-32-27-35(41-5)33(37(40)34(32)28-38)26-25-31(4)23-21-22-30(2)3/h22,25,27-28,40H,6-21,23-24,26,29H2,1-5H3/b31-25+. The van der Waals surface area contributed by atoms with Gasteiger partial charge < -0.3 is 14.6 Å². The lowest BCUT2D eigenvalue weighted by Gasteiger charge is -2.15. The van der Waals surface area contributed by atoms with Crippen molar-refractivity contribution >= 4 is 12.3 Å². The van der Waals surface area contributed by atoms with Crippen molar-refractivity contribution < 1.29 is 24.2 Å². The summed E-state index contributed by atoms with van der Waals surface area (Å²) in [6.07, 6.45) is 26.8. The van der Waals surface area contributed by atoms with E-state index in [1.54, 1.807) is 6.07 Å². The molecule has 0 saturated carbocycles. The molecule has 238 valence electrons. The van der Waals surface area contributed by atoms with Gasteiger partial charge in [0.25, 0.3) is 0 Å². The number of hydrogen-bond donors (Lipinski definition) is 1. The van der Waals surface area contributed by atoms with Crippen molar-refractivity contribution in [2.45, 2.75) is 156 Å². The smallest absolute Gasteiger partial charge is 0.306 e. The lowest BCUT2D eigenvalue weighted by Crippen LogP contribution is -2.07. The van der Waals surface area contributed by atoms with Gasteiger partial charge in [-0.3, -0.25) is 9.59 Å². The normalized spacial score (nSPS) is 11.4. The first-order valence-corrected chi connectivity index (χ1v) is 16.6. The van der Waals surface area contributed by atoms with Crippen molar-refractivity contribution in [2.75, 3.05) is 7.11 Å². The topological polar surface area (TPSA) is 72.8 Å². The van der Waals surface area contributed by atoms with Gasteiger partial charge in [-0.25, -0.2) is 0 Å². The first-order chi connectivity index (χ1) is 20.3. The molecule has 0 fully saturated rings. The molecule has 1 aromatic carbocycles. The first-order valence-electron chi connectivity index (χ1n) is 16.6. The quantitative estimate of drug-likeness (QED) is 0.0535. The summed E-state index contributed by atoms with van der Waals surface area (Å²) in [5.74, 6) is 0.102. The highest BCUT2D eigenvalue weighted by molar-refractivity contribution is 5.83. The SMILES string of the molecule is CCCCCCCCCCCCCCCCCC(=O)OCc1cc(OC)c(C/C=C(\C)CCC=C(C)C)c(O)c1C=O. The van der Waals surface area contributed by atoms with Crippen LogP contribution in [0.4, 0.5) is 0 Å². The summed E-state index contributed by atoms with van der Waals surface area (Å²) in [7, 11) is 1.54. The number of aromatic hydroxyl groups is 1. The molecule has 0 atom stereocenters. The van der Waals surface area contributed by atoms with Gasteiger partial charge in [-0.05, 0) is 52.5 Å². The Balaban J connectivity index is 2.36. The Kier molecular flexibility index (Phi) is 21.4. The molecule has 1 N–H and O–H groups in total. The second-order valence-electron chi connectivity index (χ2n) is 12.0. The van der Waals surface area contributed by atoms with E-state index in [2.05, 4.69) is 39.8 Å². The summed E-state index contributed by atoms with van der Waals surface area (Å²) in [6, 6.07) is 1.70. The van der Waals surface area contributed by atoms with Gasteiger partial charge in [0.2, 0.25) is 0 Å². The number of carbonyl (C=O) groups excluding carboxylic acids is 2. The van der Waals surface area contributed by atoms with Crippen LogP contribution in [-0.2, 0) is 22.6 Å². The van der Waals surface area contributed by atoms with Crippen molar-refractivity contribution in [3.8, 4) is 11.5 Å². The zero-order chi connectivity index (χ0) is 31.0. The fourth-order valence-electron chi connectivity index (χ4n) is 5.22. The summed E-state index contributed by atoms with van der Waals surface area (Å²) in [5, 5.41) is 10.9. The predicted molar refractivity (Wildman–Crippen MR) is 176 cm³/mol. The van der Waals surface area contributed by atoms with Gasteiger partial charge in [0.15, 0.2) is 6.29 Å². The zero-order valence-corrected chi connectivity index (χ0v) is 27.5. The van der Waals surface area contributed by atoms with Crippen molar-refractivity contribution in [1.29, 1.82) is 0 Å². The molecular formula is C37H60O5. The largest absolute Gasteiger partial charge is 0.507 e. The molecule has 0 bridgehead atoms. The highest BCUT2D eigenvalue weighted by atomic mass is 16.5. The predicted octanol–water partition coefficient (Wildman–Crippen LogP) is 10.8. The van der Waals surface area contributed by atoms with Crippen LogP contribution in [0.2, 0.25) is 0 Å². The van der Waals surface area contributed by atoms with Crippen molar-refractivity contribution in [1.82, 2.24) is 0 Å². The number of unbranched alkanes of at least 4 members (excludes halogenated alkanes) is 14. The van der Waals surface area contributed by atoms with E-state index >= 15 is 0 Å². The number of esters is 1. The number of phenols is 1. The lowest BCUT2D eigenvalue weighted by atomic mass is 9.98. The van der Waals surface area contributed by atoms with Crippen LogP contribution < -0.4 is 4.74 Å². The minimum atomic E-state index is -0.279. The van der Waals surface area contributed by atoms with E-state index in [-0.39, 0.29) is 23.9 Å².